The minimum atomic E-state index is -1.04. The highest BCUT2D eigenvalue weighted by Gasteiger charge is 2.30. The van der Waals surface area contributed by atoms with Crippen molar-refractivity contribution in [2.75, 3.05) is 18.0 Å². The summed E-state index contributed by atoms with van der Waals surface area (Å²) in [5, 5.41) is 32.1. The van der Waals surface area contributed by atoms with Gasteiger partial charge in [-0.3, -0.25) is 4.79 Å². The molecule has 2 N–H and O–H groups in total. The molecule has 1 aliphatic heterocycles. The highest BCUT2D eigenvalue weighted by Crippen LogP contribution is 2.40. The van der Waals surface area contributed by atoms with Crippen LogP contribution in [0.1, 0.15) is 68.0 Å². The minimum Gasteiger partial charge on any atom is -0.480 e. The van der Waals surface area contributed by atoms with E-state index in [1.54, 1.807) is 24.3 Å². The van der Waals surface area contributed by atoms with Gasteiger partial charge in [0.2, 0.25) is 0 Å². The van der Waals surface area contributed by atoms with Crippen LogP contribution in [-0.4, -0.2) is 46.9 Å². The Bertz CT molecular complexity index is 1220. The molecular formula is C27H31N5O4S. The average molecular weight is 522 g/mol. The van der Waals surface area contributed by atoms with Crippen LogP contribution in [0.3, 0.4) is 0 Å². The van der Waals surface area contributed by atoms with Gasteiger partial charge in [0.25, 0.3) is 0 Å². The Balaban J connectivity index is 1.91. The Morgan fingerprint density at radius 2 is 1.81 bits per heavy atom. The lowest BCUT2D eigenvalue weighted by Gasteiger charge is -2.34. The van der Waals surface area contributed by atoms with Crippen LogP contribution >= 0.6 is 11.8 Å². The number of rotatable bonds is 7. The largest absolute Gasteiger partial charge is 0.480 e. The number of nitrogens with one attached hydrogen (secondary N) is 1. The Hall–Kier alpha value is -3.76. The fourth-order valence-electron chi connectivity index (χ4n) is 4.21. The van der Waals surface area contributed by atoms with Crippen LogP contribution in [0, 0.1) is 22.7 Å². The summed E-state index contributed by atoms with van der Waals surface area (Å²) in [5.41, 5.74) is 1.12. The van der Waals surface area contributed by atoms with Gasteiger partial charge in [-0.05, 0) is 51.2 Å². The molecule has 1 aliphatic rings. The lowest BCUT2D eigenvalue weighted by atomic mass is 10.00. The number of nitrogens with zero attached hydrogens (tertiary/aromatic N) is 4. The number of carboxylic acid groups (broad SMARTS) is 1. The van der Waals surface area contributed by atoms with Gasteiger partial charge < -0.3 is 20.1 Å². The molecule has 0 saturated carbocycles. The van der Waals surface area contributed by atoms with E-state index in [0.29, 0.717) is 59.9 Å². The SMILES string of the molecule is CCc1c(C#N)c(SC(C(=O)O)c2ccccc2)nc(N2CCC(NC(=O)OC(C)(C)C)CC2)c1C#N. The predicted octanol–water partition coefficient (Wildman–Crippen LogP) is 4.80. The lowest BCUT2D eigenvalue weighted by Crippen LogP contribution is -2.46. The number of ether oxygens (including phenoxy) is 1. The second-order valence-electron chi connectivity index (χ2n) is 9.70. The van der Waals surface area contributed by atoms with E-state index in [1.165, 1.54) is 0 Å². The van der Waals surface area contributed by atoms with Crippen molar-refractivity contribution in [3.8, 4) is 12.1 Å². The molecule has 9 nitrogen and oxygen atoms in total. The smallest absolute Gasteiger partial charge is 0.407 e. The third-order valence-corrected chi connectivity index (χ3v) is 7.13. The zero-order valence-electron chi connectivity index (χ0n) is 21.4. The molecule has 0 spiro atoms. The number of carbonyl (C=O) groups excluding carboxylic acids is 1. The van der Waals surface area contributed by atoms with Crippen molar-refractivity contribution in [2.24, 2.45) is 0 Å². The summed E-state index contributed by atoms with van der Waals surface area (Å²) < 4.78 is 5.35. The van der Waals surface area contributed by atoms with E-state index in [0.717, 1.165) is 11.8 Å². The minimum absolute atomic E-state index is 0.0796. The molecule has 194 valence electrons. The number of nitriles is 2. The van der Waals surface area contributed by atoms with E-state index >= 15 is 0 Å². The van der Waals surface area contributed by atoms with Crippen LogP contribution in [0.4, 0.5) is 10.6 Å². The second-order valence-corrected chi connectivity index (χ2v) is 10.8. The number of carboxylic acids is 1. The molecule has 1 unspecified atom stereocenters. The maximum atomic E-state index is 12.2. The van der Waals surface area contributed by atoms with E-state index in [1.807, 2.05) is 38.7 Å². The molecule has 10 heteroatoms. The van der Waals surface area contributed by atoms with Gasteiger partial charge in [-0.15, -0.1) is 0 Å². The van der Waals surface area contributed by atoms with Gasteiger partial charge in [-0.1, -0.05) is 49.0 Å². The first-order chi connectivity index (χ1) is 17.6. The molecule has 1 amide bonds. The Labute approximate surface area is 221 Å². The fraction of sp³-hybridized carbons (Fsp3) is 0.444. The second kappa shape index (κ2) is 12.0. The number of piperidine rings is 1. The van der Waals surface area contributed by atoms with Gasteiger partial charge in [-0.2, -0.15) is 10.5 Å². The molecule has 3 rings (SSSR count). The molecule has 37 heavy (non-hydrogen) atoms. The summed E-state index contributed by atoms with van der Waals surface area (Å²) >= 11 is 0.999. The monoisotopic (exact) mass is 521 g/mol. The number of hydrogen-bond donors (Lipinski definition) is 2. The van der Waals surface area contributed by atoms with Crippen LogP contribution in [0.25, 0.3) is 0 Å². The average Bonchev–Trinajstić information content (AvgIpc) is 2.85. The van der Waals surface area contributed by atoms with E-state index in [2.05, 4.69) is 17.5 Å². The highest BCUT2D eigenvalue weighted by molar-refractivity contribution is 8.00. The number of benzene rings is 1. The fourth-order valence-corrected chi connectivity index (χ4v) is 5.25. The molecule has 1 saturated heterocycles. The van der Waals surface area contributed by atoms with Crippen LogP contribution in [0.2, 0.25) is 0 Å². The first-order valence-electron chi connectivity index (χ1n) is 12.1. The van der Waals surface area contributed by atoms with Crippen molar-refractivity contribution in [1.82, 2.24) is 10.3 Å². The molecular weight excluding hydrogens is 490 g/mol. The molecule has 0 radical (unpaired) electrons. The number of carbonyl (C=O) groups is 2. The number of hydrogen-bond acceptors (Lipinski definition) is 8. The van der Waals surface area contributed by atoms with Crippen molar-refractivity contribution >= 4 is 29.6 Å². The van der Waals surface area contributed by atoms with E-state index in [4.69, 9.17) is 9.72 Å². The molecule has 1 fully saturated rings. The molecule has 1 aromatic carbocycles. The third kappa shape index (κ3) is 6.93. The van der Waals surface area contributed by atoms with Gasteiger partial charge in [0.1, 0.15) is 33.8 Å². The zero-order chi connectivity index (χ0) is 27.2. The van der Waals surface area contributed by atoms with Gasteiger partial charge in [0, 0.05) is 19.1 Å². The number of anilines is 1. The van der Waals surface area contributed by atoms with Crippen LogP contribution in [0.15, 0.2) is 35.4 Å². The summed E-state index contributed by atoms with van der Waals surface area (Å²) in [6.45, 7) is 8.34. The van der Waals surface area contributed by atoms with Crippen molar-refractivity contribution in [2.45, 2.75) is 68.9 Å². The van der Waals surface area contributed by atoms with Crippen LogP contribution in [-0.2, 0) is 16.0 Å². The normalized spacial score (nSPS) is 14.8. The Kier molecular flexibility index (Phi) is 9.01. The van der Waals surface area contributed by atoms with E-state index in [9.17, 15) is 25.2 Å². The van der Waals surface area contributed by atoms with E-state index < -0.39 is 22.9 Å². The molecule has 1 aromatic heterocycles. The molecule has 2 aromatic rings. The quantitative estimate of drug-likeness (QED) is 0.492. The number of thioether (sulfide) groups is 1. The molecule has 0 bridgehead atoms. The number of pyridine rings is 1. The number of aromatic nitrogens is 1. The number of amides is 1. The first-order valence-corrected chi connectivity index (χ1v) is 13.0. The van der Waals surface area contributed by atoms with Crippen molar-refractivity contribution < 1.29 is 19.4 Å². The Morgan fingerprint density at radius 1 is 1.19 bits per heavy atom. The molecule has 0 aliphatic carbocycles. The summed E-state index contributed by atoms with van der Waals surface area (Å²) in [5.74, 6) is -0.603. The van der Waals surface area contributed by atoms with Crippen molar-refractivity contribution in [3.05, 3.63) is 52.6 Å². The number of aliphatic carboxylic acids is 1. The van der Waals surface area contributed by atoms with Crippen molar-refractivity contribution in [3.63, 3.8) is 0 Å². The Morgan fingerprint density at radius 3 is 2.32 bits per heavy atom. The summed E-state index contributed by atoms with van der Waals surface area (Å²) in [6, 6.07) is 13.1. The van der Waals surface area contributed by atoms with Gasteiger partial charge in [0.15, 0.2) is 0 Å². The zero-order valence-corrected chi connectivity index (χ0v) is 22.3. The summed E-state index contributed by atoms with van der Waals surface area (Å²) in [7, 11) is 0. The van der Waals surface area contributed by atoms with Crippen LogP contribution < -0.4 is 10.2 Å². The lowest BCUT2D eigenvalue weighted by molar-refractivity contribution is -0.136. The number of alkyl carbamates (subject to hydrolysis) is 1. The highest BCUT2D eigenvalue weighted by atomic mass is 32.2. The van der Waals surface area contributed by atoms with E-state index in [-0.39, 0.29) is 11.6 Å². The van der Waals surface area contributed by atoms with Crippen molar-refractivity contribution in [1.29, 1.82) is 10.5 Å². The molecule has 2 heterocycles. The third-order valence-electron chi connectivity index (χ3n) is 5.90. The summed E-state index contributed by atoms with van der Waals surface area (Å²) in [6.07, 6.45) is 1.21. The van der Waals surface area contributed by atoms with Crippen LogP contribution in [0.5, 0.6) is 0 Å². The predicted molar refractivity (Wildman–Crippen MR) is 140 cm³/mol. The first kappa shape index (κ1) is 27.8. The topological polar surface area (TPSA) is 139 Å². The van der Waals surface area contributed by atoms with Gasteiger partial charge in [-0.25, -0.2) is 9.78 Å². The standard InChI is InChI=1S/C27H31N5O4S/c1-5-19-20(15-28)23(32-13-11-18(12-14-32)30-26(35)36-27(2,3)4)31-24(21(19)16-29)37-22(25(33)34)17-9-7-6-8-10-17/h6-10,18,22H,5,11-14H2,1-4H3,(H,30,35)(H,33,34). The van der Waals surface area contributed by atoms with Gasteiger partial charge in [0.05, 0.1) is 11.1 Å². The summed E-state index contributed by atoms with van der Waals surface area (Å²) in [4.78, 5) is 31.0. The maximum Gasteiger partial charge on any atom is 0.407 e. The molecule has 1 atom stereocenters. The van der Waals surface area contributed by atoms with Gasteiger partial charge >= 0.3 is 12.1 Å². The maximum absolute atomic E-state index is 12.2.